The molecule has 1 aromatic carbocycles. The molecule has 0 aromatic heterocycles. The van der Waals surface area contributed by atoms with E-state index < -0.39 is 11.4 Å². The van der Waals surface area contributed by atoms with Gasteiger partial charge in [-0.3, -0.25) is 9.59 Å². The lowest BCUT2D eigenvalue weighted by atomic mass is 9.76. The first-order valence-electron chi connectivity index (χ1n) is 7.85. The third-order valence-corrected chi connectivity index (χ3v) is 5.20. The number of nitrogens with zero attached hydrogens (tertiary/aromatic N) is 1. The Balaban J connectivity index is 1.63. The number of rotatable bonds is 4. The number of amides is 1. The summed E-state index contributed by atoms with van der Waals surface area (Å²) in [6, 6.07) is 7.46. The second-order valence-corrected chi connectivity index (χ2v) is 6.84. The van der Waals surface area contributed by atoms with Crippen LogP contribution in [-0.2, 0) is 20.7 Å². The summed E-state index contributed by atoms with van der Waals surface area (Å²) in [5.74, 6) is -0.865. The van der Waals surface area contributed by atoms with Gasteiger partial charge in [-0.15, -0.1) is 0 Å². The van der Waals surface area contributed by atoms with Crippen molar-refractivity contribution in [1.82, 2.24) is 4.90 Å². The van der Waals surface area contributed by atoms with E-state index in [9.17, 15) is 14.7 Å². The molecule has 2 aliphatic rings. The van der Waals surface area contributed by atoms with Crippen molar-refractivity contribution in [3.63, 3.8) is 0 Å². The Kier molecular flexibility index (Phi) is 4.60. The fraction of sp³-hybridized carbons (Fsp3) is 0.529. The molecular weight excluding hydrogens is 318 g/mol. The zero-order valence-electron chi connectivity index (χ0n) is 12.8. The van der Waals surface area contributed by atoms with E-state index in [4.69, 9.17) is 16.3 Å². The second-order valence-electron chi connectivity index (χ2n) is 6.40. The molecule has 3 rings (SSSR count). The summed E-state index contributed by atoms with van der Waals surface area (Å²) in [5, 5.41) is 10.3. The van der Waals surface area contributed by atoms with E-state index in [0.717, 1.165) is 5.56 Å². The minimum absolute atomic E-state index is 0.000000472. The van der Waals surface area contributed by atoms with Gasteiger partial charge in [0.2, 0.25) is 5.91 Å². The number of carbonyl (C=O) groups excluding carboxylic acids is 1. The van der Waals surface area contributed by atoms with Gasteiger partial charge in [0.05, 0.1) is 6.61 Å². The summed E-state index contributed by atoms with van der Waals surface area (Å²) >= 11 is 5.95. The van der Waals surface area contributed by atoms with Crippen LogP contribution in [-0.4, -0.2) is 48.2 Å². The van der Waals surface area contributed by atoms with Crippen LogP contribution in [0, 0.1) is 11.3 Å². The van der Waals surface area contributed by atoms with Crippen LogP contribution < -0.4 is 0 Å². The van der Waals surface area contributed by atoms with Gasteiger partial charge in [0.15, 0.2) is 0 Å². The van der Waals surface area contributed by atoms with Gasteiger partial charge < -0.3 is 14.7 Å². The number of carbonyl (C=O) groups is 2. The van der Waals surface area contributed by atoms with Crippen molar-refractivity contribution in [2.45, 2.75) is 19.3 Å². The van der Waals surface area contributed by atoms with E-state index in [1.165, 1.54) is 0 Å². The van der Waals surface area contributed by atoms with Gasteiger partial charge in [-0.05, 0) is 36.5 Å². The molecule has 1 aromatic rings. The standard InChI is InChI=1S/C17H20ClNO4/c18-14-3-1-2-12(8-14)4-5-15(20)19-9-13-6-7-23-11-17(13,10-19)16(21)22/h1-3,8,13H,4-7,9-11H2,(H,21,22)/t13-,17+/m0/s1. The Labute approximate surface area is 140 Å². The number of carboxylic acid groups (broad SMARTS) is 1. The van der Waals surface area contributed by atoms with E-state index in [0.29, 0.717) is 37.4 Å². The van der Waals surface area contributed by atoms with Crippen molar-refractivity contribution >= 4 is 23.5 Å². The molecule has 2 atom stereocenters. The lowest BCUT2D eigenvalue weighted by Gasteiger charge is -2.33. The first-order chi connectivity index (χ1) is 11.0. The molecule has 0 bridgehead atoms. The molecule has 1 amide bonds. The van der Waals surface area contributed by atoms with Gasteiger partial charge in [0.1, 0.15) is 5.41 Å². The molecule has 124 valence electrons. The van der Waals surface area contributed by atoms with E-state index in [1.807, 2.05) is 18.2 Å². The molecule has 2 heterocycles. The number of hydrogen-bond acceptors (Lipinski definition) is 3. The summed E-state index contributed by atoms with van der Waals surface area (Å²) in [5.41, 5.74) is 0.0861. The molecule has 0 unspecified atom stereocenters. The Morgan fingerprint density at radius 3 is 2.96 bits per heavy atom. The van der Waals surface area contributed by atoms with Gasteiger partial charge in [-0.1, -0.05) is 23.7 Å². The van der Waals surface area contributed by atoms with Crippen molar-refractivity contribution in [2.24, 2.45) is 11.3 Å². The zero-order chi connectivity index (χ0) is 16.4. The molecule has 1 N–H and O–H groups in total. The first-order valence-corrected chi connectivity index (χ1v) is 8.22. The fourth-order valence-electron chi connectivity index (χ4n) is 3.58. The normalized spacial score (nSPS) is 26.8. The number of aryl methyl sites for hydroxylation is 1. The quantitative estimate of drug-likeness (QED) is 0.914. The molecule has 0 radical (unpaired) electrons. The van der Waals surface area contributed by atoms with Crippen LogP contribution in [0.15, 0.2) is 24.3 Å². The van der Waals surface area contributed by atoms with E-state index in [1.54, 1.807) is 11.0 Å². The summed E-state index contributed by atoms with van der Waals surface area (Å²) in [4.78, 5) is 25.9. The van der Waals surface area contributed by atoms with E-state index >= 15 is 0 Å². The van der Waals surface area contributed by atoms with Crippen LogP contribution in [0.5, 0.6) is 0 Å². The highest BCUT2D eigenvalue weighted by molar-refractivity contribution is 6.30. The largest absolute Gasteiger partial charge is 0.481 e. The first kappa shape index (κ1) is 16.3. The number of benzene rings is 1. The Morgan fingerprint density at radius 1 is 1.43 bits per heavy atom. The number of halogens is 1. The van der Waals surface area contributed by atoms with Crippen molar-refractivity contribution in [3.05, 3.63) is 34.9 Å². The average molecular weight is 338 g/mol. The van der Waals surface area contributed by atoms with Crippen LogP contribution in [0.3, 0.4) is 0 Å². The third kappa shape index (κ3) is 3.21. The summed E-state index contributed by atoms with van der Waals surface area (Å²) < 4.78 is 5.39. The smallest absolute Gasteiger partial charge is 0.314 e. The van der Waals surface area contributed by atoms with Crippen LogP contribution in [0.1, 0.15) is 18.4 Å². The molecule has 2 saturated heterocycles. The van der Waals surface area contributed by atoms with Gasteiger partial charge in [-0.25, -0.2) is 0 Å². The maximum absolute atomic E-state index is 12.5. The predicted molar refractivity (Wildman–Crippen MR) is 85.3 cm³/mol. The molecule has 2 fully saturated rings. The van der Waals surface area contributed by atoms with Crippen LogP contribution >= 0.6 is 11.6 Å². The fourth-order valence-corrected chi connectivity index (χ4v) is 3.79. The van der Waals surface area contributed by atoms with E-state index in [-0.39, 0.29) is 25.0 Å². The molecule has 0 aliphatic carbocycles. The van der Waals surface area contributed by atoms with Gasteiger partial charge in [0.25, 0.3) is 0 Å². The van der Waals surface area contributed by atoms with Crippen molar-refractivity contribution in [3.8, 4) is 0 Å². The Morgan fingerprint density at radius 2 is 2.26 bits per heavy atom. The molecule has 5 nitrogen and oxygen atoms in total. The van der Waals surface area contributed by atoms with Crippen LogP contribution in [0.4, 0.5) is 0 Å². The Hall–Kier alpha value is -1.59. The minimum Gasteiger partial charge on any atom is -0.481 e. The number of fused-ring (bicyclic) bond motifs is 1. The van der Waals surface area contributed by atoms with Crippen molar-refractivity contribution in [2.75, 3.05) is 26.3 Å². The summed E-state index contributed by atoms with van der Waals surface area (Å²) in [7, 11) is 0. The highest BCUT2D eigenvalue weighted by Crippen LogP contribution is 2.41. The number of hydrogen-bond donors (Lipinski definition) is 1. The molecule has 2 aliphatic heterocycles. The monoisotopic (exact) mass is 337 g/mol. The highest BCUT2D eigenvalue weighted by Gasteiger charge is 2.54. The summed E-state index contributed by atoms with van der Waals surface area (Å²) in [6.07, 6.45) is 1.67. The lowest BCUT2D eigenvalue weighted by Crippen LogP contribution is -2.46. The SMILES string of the molecule is O=C(CCc1cccc(Cl)c1)N1C[C@@H]2CCOC[C@]2(C(=O)O)C1. The van der Waals surface area contributed by atoms with Gasteiger partial charge in [0, 0.05) is 31.1 Å². The van der Waals surface area contributed by atoms with Gasteiger partial charge in [-0.2, -0.15) is 0 Å². The molecular formula is C17H20ClNO4. The van der Waals surface area contributed by atoms with Crippen LogP contribution in [0.2, 0.25) is 5.02 Å². The number of ether oxygens (including phenoxy) is 1. The molecule has 0 spiro atoms. The number of carboxylic acids is 1. The maximum Gasteiger partial charge on any atom is 0.314 e. The minimum atomic E-state index is -0.927. The average Bonchev–Trinajstić information content (AvgIpc) is 2.94. The molecule has 0 saturated carbocycles. The number of aliphatic carboxylic acids is 1. The lowest BCUT2D eigenvalue weighted by molar-refractivity contribution is -0.159. The third-order valence-electron chi connectivity index (χ3n) is 4.96. The molecule has 23 heavy (non-hydrogen) atoms. The molecule has 6 heteroatoms. The van der Waals surface area contributed by atoms with Crippen molar-refractivity contribution < 1.29 is 19.4 Å². The van der Waals surface area contributed by atoms with Crippen molar-refractivity contribution in [1.29, 1.82) is 0 Å². The maximum atomic E-state index is 12.5. The van der Waals surface area contributed by atoms with Crippen LogP contribution in [0.25, 0.3) is 0 Å². The second kappa shape index (κ2) is 6.49. The van der Waals surface area contributed by atoms with Gasteiger partial charge >= 0.3 is 5.97 Å². The number of likely N-dealkylation sites (tertiary alicyclic amines) is 1. The Bertz CT molecular complexity index is 620. The predicted octanol–water partition coefficient (Wildman–Crippen LogP) is 2.22. The highest BCUT2D eigenvalue weighted by atomic mass is 35.5. The zero-order valence-corrected chi connectivity index (χ0v) is 13.6. The van der Waals surface area contributed by atoms with E-state index in [2.05, 4.69) is 0 Å². The topological polar surface area (TPSA) is 66.8 Å². The summed E-state index contributed by atoms with van der Waals surface area (Å²) in [6.45, 7) is 1.54.